The molecule has 0 fully saturated rings. The third kappa shape index (κ3) is 4.01. The number of hydrogen-bond donors (Lipinski definition) is 3. The average Bonchev–Trinajstić information content (AvgIpc) is 2.85. The van der Waals surface area contributed by atoms with Crippen LogP contribution in [0.2, 0.25) is 0 Å². The van der Waals surface area contributed by atoms with Crippen LogP contribution in [0.5, 0.6) is 5.75 Å². The summed E-state index contributed by atoms with van der Waals surface area (Å²) in [5.74, 6) is 0.692. The third-order valence-corrected chi connectivity index (χ3v) is 2.73. The Morgan fingerprint density at radius 2 is 2.00 bits per heavy atom. The molecule has 106 valence electrons. The molecular weight excluding hydrogens is 258 g/mol. The fraction of sp³-hybridized carbons (Fsp3) is 0.286. The number of benzene rings is 1. The van der Waals surface area contributed by atoms with E-state index in [1.807, 2.05) is 31.2 Å². The number of nitrogens with one attached hydrogen (secondary N) is 3. The molecule has 2 rings (SSSR count). The number of aromatic nitrogens is 2. The average molecular weight is 275 g/mol. The maximum atomic E-state index is 11.8. The van der Waals surface area contributed by atoms with Crippen LogP contribution >= 0.6 is 0 Å². The molecule has 1 aromatic heterocycles. The second kappa shape index (κ2) is 6.60. The van der Waals surface area contributed by atoms with Crippen molar-refractivity contribution in [3.05, 3.63) is 51.9 Å². The molecule has 0 unspecified atom stereocenters. The van der Waals surface area contributed by atoms with Gasteiger partial charge in [-0.05, 0) is 24.6 Å². The molecule has 0 aliphatic rings. The first-order valence-electron chi connectivity index (χ1n) is 6.42. The predicted molar refractivity (Wildman–Crippen MR) is 74.6 cm³/mol. The molecule has 0 radical (unpaired) electrons. The monoisotopic (exact) mass is 275 g/mol. The Morgan fingerprint density at radius 1 is 1.25 bits per heavy atom. The molecule has 0 saturated carbocycles. The van der Waals surface area contributed by atoms with Crippen molar-refractivity contribution in [1.82, 2.24) is 15.5 Å². The zero-order chi connectivity index (χ0) is 14.4. The number of aromatic amines is 2. The molecule has 0 spiro atoms. The van der Waals surface area contributed by atoms with Crippen molar-refractivity contribution < 1.29 is 9.53 Å². The van der Waals surface area contributed by atoms with Gasteiger partial charge >= 0.3 is 0 Å². The minimum absolute atomic E-state index is 0.101. The maximum Gasteiger partial charge on any atom is 0.264 e. The lowest BCUT2D eigenvalue weighted by molar-refractivity contribution is -0.120. The lowest BCUT2D eigenvalue weighted by atomic mass is 10.1. The van der Waals surface area contributed by atoms with E-state index in [9.17, 15) is 9.59 Å². The quantitative estimate of drug-likeness (QED) is 0.734. The van der Waals surface area contributed by atoms with Crippen molar-refractivity contribution in [2.75, 3.05) is 6.61 Å². The van der Waals surface area contributed by atoms with E-state index in [1.54, 1.807) is 0 Å². The van der Waals surface area contributed by atoms with Crippen molar-refractivity contribution >= 4 is 5.91 Å². The fourth-order valence-electron chi connectivity index (χ4n) is 1.78. The molecule has 6 heteroatoms. The Kier molecular flexibility index (Phi) is 4.60. The lowest BCUT2D eigenvalue weighted by Gasteiger charge is -2.06. The molecule has 0 aliphatic heterocycles. The molecule has 1 heterocycles. The van der Waals surface area contributed by atoms with Gasteiger partial charge in [0.1, 0.15) is 5.75 Å². The van der Waals surface area contributed by atoms with Gasteiger partial charge in [0.2, 0.25) is 5.91 Å². The van der Waals surface area contributed by atoms with Crippen molar-refractivity contribution in [2.45, 2.75) is 19.9 Å². The van der Waals surface area contributed by atoms with Crippen LogP contribution in [0.25, 0.3) is 0 Å². The zero-order valence-electron chi connectivity index (χ0n) is 11.2. The van der Waals surface area contributed by atoms with Gasteiger partial charge in [-0.1, -0.05) is 12.1 Å². The second-order valence-electron chi connectivity index (χ2n) is 4.31. The summed E-state index contributed by atoms with van der Waals surface area (Å²) in [4.78, 5) is 22.7. The number of amides is 1. The number of ether oxygens (including phenoxy) is 1. The Balaban J connectivity index is 1.83. The molecule has 1 amide bonds. The van der Waals surface area contributed by atoms with Gasteiger partial charge in [0, 0.05) is 6.07 Å². The second-order valence-corrected chi connectivity index (χ2v) is 4.31. The van der Waals surface area contributed by atoms with Crippen LogP contribution in [0.1, 0.15) is 18.2 Å². The first-order chi connectivity index (χ1) is 9.67. The number of hydrogen-bond acceptors (Lipinski definition) is 3. The Morgan fingerprint density at radius 3 is 2.60 bits per heavy atom. The summed E-state index contributed by atoms with van der Waals surface area (Å²) in [6.07, 6.45) is 0.293. The normalized spacial score (nSPS) is 10.2. The smallest absolute Gasteiger partial charge is 0.264 e. The van der Waals surface area contributed by atoms with Gasteiger partial charge in [-0.25, -0.2) is 0 Å². The molecule has 0 saturated heterocycles. The van der Waals surface area contributed by atoms with Gasteiger partial charge in [0.05, 0.1) is 25.3 Å². The van der Waals surface area contributed by atoms with E-state index in [0.717, 1.165) is 11.3 Å². The molecule has 0 aliphatic carbocycles. The van der Waals surface area contributed by atoms with E-state index in [0.29, 0.717) is 25.3 Å². The SMILES string of the molecule is CCOc1ccc(CC(=O)NCc2cc(=O)[nH][nH]2)cc1. The van der Waals surface area contributed by atoms with Crippen molar-refractivity contribution in [3.63, 3.8) is 0 Å². The van der Waals surface area contributed by atoms with Crippen LogP contribution in [-0.4, -0.2) is 22.7 Å². The Bertz CT molecular complexity index is 613. The van der Waals surface area contributed by atoms with Gasteiger partial charge in [0.25, 0.3) is 5.56 Å². The summed E-state index contributed by atoms with van der Waals surface area (Å²) in [7, 11) is 0. The number of rotatable bonds is 6. The Labute approximate surface area is 116 Å². The standard InChI is InChI=1S/C14H17N3O3/c1-2-20-12-5-3-10(4-6-12)7-13(18)15-9-11-8-14(19)17-16-11/h3-6,8H,2,7,9H2,1H3,(H,15,18)(H2,16,17,19). The zero-order valence-corrected chi connectivity index (χ0v) is 11.2. The fourth-order valence-corrected chi connectivity index (χ4v) is 1.78. The van der Waals surface area contributed by atoms with Crippen LogP contribution in [0.15, 0.2) is 35.1 Å². The lowest BCUT2D eigenvalue weighted by Crippen LogP contribution is -2.24. The molecule has 3 N–H and O–H groups in total. The first-order valence-corrected chi connectivity index (χ1v) is 6.42. The summed E-state index contributed by atoms with van der Waals surface area (Å²) in [5, 5.41) is 7.83. The summed E-state index contributed by atoms with van der Waals surface area (Å²) >= 11 is 0. The van der Waals surface area contributed by atoms with E-state index in [1.165, 1.54) is 6.07 Å². The van der Waals surface area contributed by atoms with Crippen LogP contribution in [-0.2, 0) is 17.8 Å². The van der Waals surface area contributed by atoms with Gasteiger partial charge in [-0.15, -0.1) is 0 Å². The van der Waals surface area contributed by atoms with Crippen molar-refractivity contribution in [2.24, 2.45) is 0 Å². The van der Waals surface area contributed by atoms with Crippen LogP contribution < -0.4 is 15.6 Å². The van der Waals surface area contributed by atoms with Gasteiger partial charge in [0.15, 0.2) is 0 Å². The van der Waals surface area contributed by atoms with Gasteiger partial charge in [-0.2, -0.15) is 0 Å². The molecule has 6 nitrogen and oxygen atoms in total. The molecule has 20 heavy (non-hydrogen) atoms. The van der Waals surface area contributed by atoms with Crippen LogP contribution in [0.3, 0.4) is 0 Å². The van der Waals surface area contributed by atoms with Crippen molar-refractivity contribution in [1.29, 1.82) is 0 Å². The highest BCUT2D eigenvalue weighted by Gasteiger charge is 2.04. The largest absolute Gasteiger partial charge is 0.494 e. The topological polar surface area (TPSA) is 87.0 Å². The predicted octanol–water partition coefficient (Wildman–Crippen LogP) is 0.961. The highest BCUT2D eigenvalue weighted by Crippen LogP contribution is 2.12. The highest BCUT2D eigenvalue weighted by molar-refractivity contribution is 5.78. The summed E-state index contributed by atoms with van der Waals surface area (Å²) < 4.78 is 5.34. The summed E-state index contributed by atoms with van der Waals surface area (Å²) in [6, 6.07) is 8.83. The summed E-state index contributed by atoms with van der Waals surface area (Å²) in [6.45, 7) is 2.84. The van der Waals surface area contributed by atoms with Crippen LogP contribution in [0.4, 0.5) is 0 Å². The van der Waals surface area contributed by atoms with E-state index in [-0.39, 0.29) is 11.5 Å². The van der Waals surface area contributed by atoms with E-state index in [2.05, 4.69) is 15.5 Å². The van der Waals surface area contributed by atoms with E-state index in [4.69, 9.17) is 4.74 Å². The van der Waals surface area contributed by atoms with Crippen molar-refractivity contribution in [3.8, 4) is 5.75 Å². The summed E-state index contributed by atoms with van der Waals surface area (Å²) in [5.41, 5.74) is 1.35. The highest BCUT2D eigenvalue weighted by atomic mass is 16.5. The number of carbonyl (C=O) groups excluding carboxylic acids is 1. The van der Waals surface area contributed by atoms with E-state index < -0.39 is 0 Å². The Hall–Kier alpha value is -2.50. The minimum Gasteiger partial charge on any atom is -0.494 e. The van der Waals surface area contributed by atoms with Gasteiger partial charge in [-0.3, -0.25) is 14.7 Å². The third-order valence-electron chi connectivity index (χ3n) is 2.73. The molecule has 0 atom stereocenters. The van der Waals surface area contributed by atoms with Gasteiger partial charge < -0.3 is 15.2 Å². The minimum atomic E-state index is -0.208. The molecule has 1 aromatic carbocycles. The van der Waals surface area contributed by atoms with Crippen LogP contribution in [0, 0.1) is 0 Å². The van der Waals surface area contributed by atoms with E-state index >= 15 is 0 Å². The molecule has 2 aromatic rings. The molecule has 0 bridgehead atoms. The first kappa shape index (κ1) is 13.9. The maximum absolute atomic E-state index is 11.8. The number of carbonyl (C=O) groups is 1. The molecular formula is C14H17N3O3. The number of H-pyrrole nitrogens is 2.